The quantitative estimate of drug-likeness (QED) is 0.883. The molecule has 2 atom stereocenters. The number of hydrogen-bond acceptors (Lipinski definition) is 5. The van der Waals surface area contributed by atoms with Gasteiger partial charge in [-0.2, -0.15) is 0 Å². The molecule has 3 rings (SSSR count). The zero-order valence-electron chi connectivity index (χ0n) is 12.8. The van der Waals surface area contributed by atoms with Crippen LogP contribution in [0.3, 0.4) is 0 Å². The largest absolute Gasteiger partial charge is 0.377 e. The number of aromatic nitrogens is 2. The van der Waals surface area contributed by atoms with E-state index in [2.05, 4.69) is 42.1 Å². The maximum Gasteiger partial charge on any atom is 0.194 e. The van der Waals surface area contributed by atoms with Gasteiger partial charge in [0.15, 0.2) is 4.96 Å². The number of hydrogen-bond donors (Lipinski definition) is 1. The van der Waals surface area contributed by atoms with Gasteiger partial charge in [-0.15, -0.1) is 11.3 Å². The summed E-state index contributed by atoms with van der Waals surface area (Å²) in [5.41, 5.74) is 1.29. The van der Waals surface area contributed by atoms with Crippen molar-refractivity contribution in [3.63, 3.8) is 0 Å². The van der Waals surface area contributed by atoms with Crippen LogP contribution >= 0.6 is 23.1 Å². The van der Waals surface area contributed by atoms with Gasteiger partial charge in [-0.1, -0.05) is 25.6 Å². The highest BCUT2D eigenvalue weighted by Crippen LogP contribution is 2.35. The molecule has 2 aromatic rings. The molecule has 6 heteroatoms. The molecule has 0 saturated carbocycles. The second-order valence-corrected chi connectivity index (χ2v) is 8.07. The number of rotatable bonds is 6. The Kier molecular flexibility index (Phi) is 4.88. The van der Waals surface area contributed by atoms with Crippen LogP contribution in [0.2, 0.25) is 0 Å². The van der Waals surface area contributed by atoms with Crippen molar-refractivity contribution in [2.75, 3.05) is 13.2 Å². The van der Waals surface area contributed by atoms with E-state index < -0.39 is 0 Å². The molecule has 21 heavy (non-hydrogen) atoms. The maximum atomic E-state index is 5.68. The summed E-state index contributed by atoms with van der Waals surface area (Å²) in [4.78, 5) is 5.91. The number of nitrogens with zero attached hydrogens (tertiary/aromatic N) is 2. The van der Waals surface area contributed by atoms with E-state index >= 15 is 0 Å². The Morgan fingerprint density at radius 2 is 2.43 bits per heavy atom. The van der Waals surface area contributed by atoms with E-state index in [4.69, 9.17) is 9.72 Å². The minimum atomic E-state index is 0.325. The average molecular weight is 326 g/mol. The molecule has 1 aliphatic rings. The fraction of sp³-hybridized carbons (Fsp3) is 0.667. The molecule has 0 spiro atoms. The summed E-state index contributed by atoms with van der Waals surface area (Å²) in [7, 11) is 0. The highest BCUT2D eigenvalue weighted by molar-refractivity contribution is 8.00. The van der Waals surface area contributed by atoms with E-state index in [9.17, 15) is 0 Å². The van der Waals surface area contributed by atoms with Gasteiger partial charge in [0.05, 0.1) is 11.8 Å². The summed E-state index contributed by atoms with van der Waals surface area (Å²) in [5, 5.41) is 7.34. The number of ether oxygens (including phenoxy) is 1. The van der Waals surface area contributed by atoms with Gasteiger partial charge in [-0.3, -0.25) is 4.40 Å². The van der Waals surface area contributed by atoms with Gasteiger partial charge in [-0.05, 0) is 25.8 Å². The molecule has 1 N–H and O–H groups in total. The monoisotopic (exact) mass is 325 g/mol. The lowest BCUT2D eigenvalue weighted by Gasteiger charge is -2.13. The average Bonchev–Trinajstić information content (AvgIpc) is 3.10. The Labute approximate surface area is 134 Å². The normalized spacial score (nSPS) is 22.7. The molecule has 3 heterocycles. The second kappa shape index (κ2) is 6.69. The van der Waals surface area contributed by atoms with Crippen molar-refractivity contribution in [1.82, 2.24) is 14.7 Å². The van der Waals surface area contributed by atoms with Crippen LogP contribution < -0.4 is 5.32 Å². The van der Waals surface area contributed by atoms with Gasteiger partial charge in [-0.25, -0.2) is 4.98 Å². The lowest BCUT2D eigenvalue weighted by atomic mass is 10.2. The predicted octanol–water partition coefficient (Wildman–Crippen LogP) is 3.41. The van der Waals surface area contributed by atoms with Gasteiger partial charge >= 0.3 is 0 Å². The van der Waals surface area contributed by atoms with Crippen molar-refractivity contribution in [3.05, 3.63) is 17.3 Å². The molecule has 0 amide bonds. The van der Waals surface area contributed by atoms with Crippen LogP contribution in [0.5, 0.6) is 0 Å². The molecule has 0 radical (unpaired) electrons. The highest BCUT2D eigenvalue weighted by Gasteiger charge is 2.27. The van der Waals surface area contributed by atoms with Crippen LogP contribution in [0.4, 0.5) is 0 Å². The summed E-state index contributed by atoms with van der Waals surface area (Å²) < 4.78 is 7.90. The Morgan fingerprint density at radius 1 is 1.57 bits per heavy atom. The maximum absolute atomic E-state index is 5.68. The van der Waals surface area contributed by atoms with Crippen molar-refractivity contribution in [2.24, 2.45) is 5.92 Å². The van der Waals surface area contributed by atoms with Crippen LogP contribution in [-0.4, -0.2) is 33.9 Å². The lowest BCUT2D eigenvalue weighted by molar-refractivity contribution is 0.127. The van der Waals surface area contributed by atoms with Crippen LogP contribution in [0.25, 0.3) is 4.96 Å². The molecule has 1 aliphatic heterocycles. The summed E-state index contributed by atoms with van der Waals surface area (Å²) >= 11 is 3.59. The van der Waals surface area contributed by atoms with Crippen LogP contribution in [0.1, 0.15) is 32.9 Å². The van der Waals surface area contributed by atoms with Crippen LogP contribution in [-0.2, 0) is 11.3 Å². The topological polar surface area (TPSA) is 38.6 Å². The summed E-state index contributed by atoms with van der Waals surface area (Å²) in [5.74, 6) is 0.662. The Morgan fingerprint density at radius 3 is 3.14 bits per heavy atom. The van der Waals surface area contributed by atoms with Crippen molar-refractivity contribution in [2.45, 2.75) is 50.1 Å². The number of imidazole rings is 1. The Hall–Kier alpha value is -0.560. The fourth-order valence-electron chi connectivity index (χ4n) is 2.56. The highest BCUT2D eigenvalue weighted by atomic mass is 32.2. The van der Waals surface area contributed by atoms with E-state index in [0.717, 1.165) is 31.1 Å². The van der Waals surface area contributed by atoms with Gasteiger partial charge < -0.3 is 10.1 Å². The van der Waals surface area contributed by atoms with E-state index in [0.29, 0.717) is 17.3 Å². The van der Waals surface area contributed by atoms with Crippen LogP contribution in [0.15, 0.2) is 16.6 Å². The molecule has 1 fully saturated rings. The van der Waals surface area contributed by atoms with E-state index in [1.54, 1.807) is 11.3 Å². The summed E-state index contributed by atoms with van der Waals surface area (Å²) in [6.07, 6.45) is 3.57. The minimum Gasteiger partial charge on any atom is -0.377 e. The molecule has 2 unspecified atom stereocenters. The first-order valence-corrected chi connectivity index (χ1v) is 9.34. The fourth-order valence-corrected chi connectivity index (χ4v) is 4.56. The first-order valence-electron chi connectivity index (χ1n) is 7.58. The number of thiazole rings is 1. The van der Waals surface area contributed by atoms with E-state index in [-0.39, 0.29) is 0 Å². The van der Waals surface area contributed by atoms with Crippen molar-refractivity contribution in [3.8, 4) is 0 Å². The first kappa shape index (κ1) is 15.3. The molecule has 0 aromatic carbocycles. The van der Waals surface area contributed by atoms with Crippen molar-refractivity contribution >= 4 is 28.1 Å². The SMILES string of the molecule is CC(C)CNCc1c(SC2CCOC2C)nc2sccn12. The summed E-state index contributed by atoms with van der Waals surface area (Å²) in [6, 6.07) is 0. The molecule has 4 nitrogen and oxygen atoms in total. The third-order valence-electron chi connectivity index (χ3n) is 3.74. The van der Waals surface area contributed by atoms with Crippen molar-refractivity contribution in [1.29, 1.82) is 0 Å². The predicted molar refractivity (Wildman–Crippen MR) is 89.3 cm³/mol. The molecular weight excluding hydrogens is 302 g/mol. The van der Waals surface area contributed by atoms with Gasteiger partial charge in [0.25, 0.3) is 0 Å². The third-order valence-corrected chi connectivity index (χ3v) is 5.97. The molecule has 0 aliphatic carbocycles. The smallest absolute Gasteiger partial charge is 0.194 e. The van der Waals surface area contributed by atoms with Crippen LogP contribution in [0, 0.1) is 5.92 Å². The number of fused-ring (bicyclic) bond motifs is 1. The Balaban J connectivity index is 1.78. The second-order valence-electron chi connectivity index (χ2n) is 5.96. The van der Waals surface area contributed by atoms with Gasteiger partial charge in [0.1, 0.15) is 5.03 Å². The lowest BCUT2D eigenvalue weighted by Crippen LogP contribution is -2.20. The van der Waals surface area contributed by atoms with E-state index in [1.807, 2.05) is 11.8 Å². The molecule has 116 valence electrons. The van der Waals surface area contributed by atoms with Gasteiger partial charge in [0.2, 0.25) is 0 Å². The molecule has 1 saturated heterocycles. The Bertz CT molecular complexity index is 593. The minimum absolute atomic E-state index is 0.325. The zero-order valence-corrected chi connectivity index (χ0v) is 14.5. The number of thioether (sulfide) groups is 1. The van der Waals surface area contributed by atoms with E-state index in [1.165, 1.54) is 10.7 Å². The molecular formula is C15H23N3OS2. The van der Waals surface area contributed by atoms with Crippen molar-refractivity contribution < 1.29 is 4.74 Å². The first-order chi connectivity index (χ1) is 10.1. The summed E-state index contributed by atoms with van der Waals surface area (Å²) in [6.45, 7) is 9.42. The third kappa shape index (κ3) is 3.44. The molecule has 2 aromatic heterocycles. The zero-order chi connectivity index (χ0) is 14.8. The number of nitrogens with one attached hydrogen (secondary N) is 1. The standard InChI is InChI=1S/C15H23N3OS2/c1-10(2)8-16-9-12-14(17-15-18(12)5-7-20-15)21-13-4-6-19-11(13)3/h5,7,10-11,13,16H,4,6,8-9H2,1-3H3. The molecule has 0 bridgehead atoms. The van der Waals surface area contributed by atoms with Gasteiger partial charge in [0, 0.05) is 30.0 Å².